The van der Waals surface area contributed by atoms with Gasteiger partial charge in [0.25, 0.3) is 0 Å². The van der Waals surface area contributed by atoms with Gasteiger partial charge < -0.3 is 9.84 Å². The molecule has 1 aliphatic rings. The summed E-state index contributed by atoms with van der Waals surface area (Å²) >= 11 is 0. The monoisotopic (exact) mass is 245 g/mol. The highest BCUT2D eigenvalue weighted by atomic mass is 35.5. The van der Waals surface area contributed by atoms with Gasteiger partial charge in [0, 0.05) is 31.2 Å². The molecule has 0 bridgehead atoms. The summed E-state index contributed by atoms with van der Waals surface area (Å²) in [5.74, 6) is 0.966. The smallest absolute Gasteiger partial charge is 0.150 e. The minimum Gasteiger partial charge on any atom is -0.360 e. The van der Waals surface area contributed by atoms with Crippen LogP contribution in [0.1, 0.15) is 25.3 Å². The molecule has 0 saturated carbocycles. The van der Waals surface area contributed by atoms with Crippen molar-refractivity contribution in [2.24, 2.45) is 0 Å². The molecule has 0 radical (unpaired) electrons. The number of hydrogen-bond acceptors (Lipinski definition) is 4. The lowest BCUT2D eigenvalue weighted by atomic mass is 10.1. The van der Waals surface area contributed by atoms with Crippen molar-refractivity contribution in [3.05, 3.63) is 17.5 Å². The van der Waals surface area contributed by atoms with Gasteiger partial charge in [0.1, 0.15) is 0 Å². The number of hydrogen-bond donors (Lipinski definition) is 1. The van der Waals surface area contributed by atoms with Gasteiger partial charge in [-0.3, -0.25) is 4.90 Å². The fourth-order valence-electron chi connectivity index (χ4n) is 2.04. The highest BCUT2D eigenvalue weighted by molar-refractivity contribution is 5.85. The molecule has 4 nitrogen and oxygen atoms in total. The van der Waals surface area contributed by atoms with Crippen LogP contribution in [0.25, 0.3) is 0 Å². The summed E-state index contributed by atoms with van der Waals surface area (Å²) in [6.07, 6.45) is 0. The zero-order valence-corrected chi connectivity index (χ0v) is 10.9. The van der Waals surface area contributed by atoms with Gasteiger partial charge >= 0.3 is 0 Å². The third kappa shape index (κ3) is 2.97. The first-order valence-corrected chi connectivity index (χ1v) is 5.56. The minimum atomic E-state index is 0. The zero-order valence-electron chi connectivity index (χ0n) is 10.1. The Morgan fingerprint density at radius 1 is 1.56 bits per heavy atom. The Kier molecular flexibility index (Phi) is 4.77. The Labute approximate surface area is 103 Å². The van der Waals surface area contributed by atoms with Crippen LogP contribution in [0.5, 0.6) is 0 Å². The Hall–Kier alpha value is -0.580. The number of aromatic nitrogens is 1. The van der Waals surface area contributed by atoms with Crippen molar-refractivity contribution in [2.75, 3.05) is 13.1 Å². The fraction of sp³-hybridized carbons (Fsp3) is 0.727. The van der Waals surface area contributed by atoms with E-state index in [4.69, 9.17) is 4.52 Å². The van der Waals surface area contributed by atoms with E-state index in [-0.39, 0.29) is 12.4 Å². The van der Waals surface area contributed by atoms with Crippen LogP contribution in [-0.4, -0.2) is 35.2 Å². The molecule has 92 valence electrons. The highest BCUT2D eigenvalue weighted by Crippen LogP contribution is 2.13. The summed E-state index contributed by atoms with van der Waals surface area (Å²) in [5, 5.41) is 7.37. The topological polar surface area (TPSA) is 41.3 Å². The molecule has 1 aliphatic heterocycles. The Balaban J connectivity index is 0.00000128. The van der Waals surface area contributed by atoms with Crippen molar-refractivity contribution < 1.29 is 4.52 Å². The quantitative estimate of drug-likeness (QED) is 0.859. The maximum Gasteiger partial charge on any atom is 0.150 e. The third-order valence-electron chi connectivity index (χ3n) is 3.20. The predicted octanol–water partition coefficient (Wildman–Crippen LogP) is 1.59. The maximum absolute atomic E-state index is 5.24. The van der Waals surface area contributed by atoms with E-state index in [9.17, 15) is 0 Å². The Bertz CT molecular complexity index is 329. The average Bonchev–Trinajstić information content (AvgIpc) is 2.59. The number of piperazine rings is 1. The molecule has 0 amide bonds. The Morgan fingerprint density at radius 2 is 2.31 bits per heavy atom. The molecular weight excluding hydrogens is 226 g/mol. The number of nitrogens with zero attached hydrogens (tertiary/aromatic N) is 2. The predicted molar refractivity (Wildman–Crippen MR) is 65.8 cm³/mol. The fourth-order valence-corrected chi connectivity index (χ4v) is 2.04. The molecule has 0 spiro atoms. The van der Waals surface area contributed by atoms with Gasteiger partial charge in [0.05, 0.1) is 12.2 Å². The second-order valence-corrected chi connectivity index (χ2v) is 4.39. The Morgan fingerprint density at radius 3 is 2.94 bits per heavy atom. The molecule has 1 aromatic heterocycles. The molecule has 1 saturated heterocycles. The van der Waals surface area contributed by atoms with Gasteiger partial charge in [-0.1, -0.05) is 5.16 Å². The molecule has 0 aromatic carbocycles. The summed E-state index contributed by atoms with van der Waals surface area (Å²) in [4.78, 5) is 2.43. The normalized spacial score (nSPS) is 26.4. The number of aryl methyl sites for hydroxylation is 1. The summed E-state index contributed by atoms with van der Waals surface area (Å²) in [7, 11) is 0. The van der Waals surface area contributed by atoms with E-state index in [0.717, 1.165) is 31.1 Å². The van der Waals surface area contributed by atoms with Crippen molar-refractivity contribution in [1.82, 2.24) is 15.4 Å². The molecular formula is C11H20ClN3O. The van der Waals surface area contributed by atoms with Gasteiger partial charge in [0.2, 0.25) is 0 Å². The van der Waals surface area contributed by atoms with E-state index < -0.39 is 0 Å². The molecule has 0 aliphatic carbocycles. The van der Waals surface area contributed by atoms with E-state index in [1.165, 1.54) is 0 Å². The van der Waals surface area contributed by atoms with E-state index in [2.05, 4.69) is 29.2 Å². The molecule has 1 aromatic rings. The van der Waals surface area contributed by atoms with Crippen molar-refractivity contribution in [3.63, 3.8) is 0 Å². The lowest BCUT2D eigenvalue weighted by Gasteiger charge is -2.37. The summed E-state index contributed by atoms with van der Waals surface area (Å²) < 4.78 is 5.24. The summed E-state index contributed by atoms with van der Waals surface area (Å²) in [6.45, 7) is 9.43. The maximum atomic E-state index is 5.24. The SMILES string of the molecule is Cc1cc(CN2CCNC(C)C2C)on1.Cl. The largest absolute Gasteiger partial charge is 0.360 e. The number of rotatable bonds is 2. The second-order valence-electron chi connectivity index (χ2n) is 4.39. The minimum absolute atomic E-state index is 0. The van der Waals surface area contributed by atoms with E-state index in [1.54, 1.807) is 0 Å². The van der Waals surface area contributed by atoms with Gasteiger partial charge in [-0.05, 0) is 20.8 Å². The second kappa shape index (κ2) is 5.66. The van der Waals surface area contributed by atoms with Gasteiger partial charge in [-0.25, -0.2) is 0 Å². The first-order chi connectivity index (χ1) is 7.16. The molecule has 16 heavy (non-hydrogen) atoms. The van der Waals surface area contributed by atoms with E-state index >= 15 is 0 Å². The summed E-state index contributed by atoms with van der Waals surface area (Å²) in [6, 6.07) is 3.10. The third-order valence-corrected chi connectivity index (χ3v) is 3.20. The van der Waals surface area contributed by atoms with Crippen molar-refractivity contribution in [3.8, 4) is 0 Å². The van der Waals surface area contributed by atoms with Crippen LogP contribution in [0.3, 0.4) is 0 Å². The van der Waals surface area contributed by atoms with Crippen LogP contribution >= 0.6 is 12.4 Å². The first-order valence-electron chi connectivity index (χ1n) is 5.56. The number of halogens is 1. The molecule has 2 atom stereocenters. The molecule has 2 rings (SSSR count). The molecule has 5 heteroatoms. The molecule has 2 heterocycles. The molecule has 2 unspecified atom stereocenters. The summed E-state index contributed by atoms with van der Waals surface area (Å²) in [5.41, 5.74) is 0.959. The first kappa shape index (κ1) is 13.5. The van der Waals surface area contributed by atoms with E-state index in [0.29, 0.717) is 12.1 Å². The number of nitrogens with one attached hydrogen (secondary N) is 1. The van der Waals surface area contributed by atoms with Crippen molar-refractivity contribution in [1.29, 1.82) is 0 Å². The highest BCUT2D eigenvalue weighted by Gasteiger charge is 2.24. The van der Waals surface area contributed by atoms with Crippen LogP contribution in [0, 0.1) is 6.92 Å². The lowest BCUT2D eigenvalue weighted by molar-refractivity contribution is 0.118. The average molecular weight is 246 g/mol. The van der Waals surface area contributed by atoms with Crippen molar-refractivity contribution >= 4 is 12.4 Å². The van der Waals surface area contributed by atoms with Crippen LogP contribution in [0.4, 0.5) is 0 Å². The van der Waals surface area contributed by atoms with Crippen LogP contribution in [0.2, 0.25) is 0 Å². The van der Waals surface area contributed by atoms with Crippen molar-refractivity contribution in [2.45, 2.75) is 39.4 Å². The van der Waals surface area contributed by atoms with Crippen LogP contribution < -0.4 is 5.32 Å². The van der Waals surface area contributed by atoms with Gasteiger partial charge in [0.15, 0.2) is 5.76 Å². The van der Waals surface area contributed by atoms with Gasteiger partial charge in [-0.2, -0.15) is 0 Å². The van der Waals surface area contributed by atoms with Gasteiger partial charge in [-0.15, -0.1) is 12.4 Å². The lowest BCUT2D eigenvalue weighted by Crippen LogP contribution is -2.54. The zero-order chi connectivity index (χ0) is 10.8. The molecule has 1 fully saturated rings. The standard InChI is InChI=1S/C11H19N3O.ClH/c1-8-6-11(15-13-8)7-14-5-4-12-9(2)10(14)3;/h6,9-10,12H,4-5,7H2,1-3H3;1H. The molecule has 1 N–H and O–H groups in total. The van der Waals surface area contributed by atoms with Crippen LogP contribution in [0.15, 0.2) is 10.6 Å². The van der Waals surface area contributed by atoms with E-state index in [1.807, 2.05) is 13.0 Å². The van der Waals surface area contributed by atoms with Crippen LogP contribution in [-0.2, 0) is 6.54 Å².